The van der Waals surface area contributed by atoms with Crippen LogP contribution in [0.3, 0.4) is 0 Å². The van der Waals surface area contributed by atoms with Crippen LogP contribution < -0.4 is 0 Å². The van der Waals surface area contributed by atoms with Gasteiger partial charge in [0.25, 0.3) is 17.1 Å². The van der Waals surface area contributed by atoms with Crippen LogP contribution in [0.15, 0.2) is 87.6 Å². The molecule has 60 heavy (non-hydrogen) atoms. The molecule has 1 aliphatic carbocycles. The third-order valence-corrected chi connectivity index (χ3v) is 17.8. The van der Waals surface area contributed by atoms with Gasteiger partial charge in [-0.1, -0.05) is 117 Å². The number of nitro groups is 3. The number of thioether (sulfide) groups is 4. The SMILES string of the molecule is CCCCCC1=C(CCCCC)SC(=C2SC(C)=C(CN(Cc3ccccc3)C(=O)CCS(=O)(=O)c3cc4c(c([N+](=O)[O-])c3)-c3c(cc([N+](=O)[O-])cc3[N+](=O)[O-])C4=O)S2)S1. The second-order valence-corrected chi connectivity index (χ2v) is 21.5. The molecule has 316 valence electrons. The Morgan fingerprint density at radius 3 is 1.82 bits per heavy atom. The first-order valence-corrected chi connectivity index (χ1v) is 24.3. The summed E-state index contributed by atoms with van der Waals surface area (Å²) in [6.07, 6.45) is 8.64. The van der Waals surface area contributed by atoms with Gasteiger partial charge in [0.1, 0.15) is 0 Å². The van der Waals surface area contributed by atoms with Crippen LogP contribution in [-0.4, -0.2) is 52.1 Å². The number of amides is 1. The number of hydrogen-bond donors (Lipinski definition) is 0. The molecule has 0 saturated heterocycles. The van der Waals surface area contributed by atoms with E-state index in [1.54, 1.807) is 28.4 Å². The zero-order valence-corrected chi connectivity index (χ0v) is 37.2. The van der Waals surface area contributed by atoms with Gasteiger partial charge in [0.05, 0.1) is 57.6 Å². The molecule has 6 rings (SSSR count). The molecule has 0 bridgehead atoms. The van der Waals surface area contributed by atoms with Gasteiger partial charge >= 0.3 is 0 Å². The Labute approximate surface area is 364 Å². The minimum Gasteiger partial charge on any atom is -0.333 e. The zero-order chi connectivity index (χ0) is 43.3. The monoisotopic (exact) mass is 910 g/mol. The van der Waals surface area contributed by atoms with E-state index in [4.69, 9.17) is 0 Å². The Hall–Kier alpha value is -4.43. The standard InChI is InChI=1S/C41H42N4O10S5/c1-4-6-9-15-33-34(16-10-7-5-2)58-41(57-33)40-56-25(3)35(59-40)24-42(23-26-13-11-8-12-14-26)36(46)17-18-60(54,55)28-21-30-38(32(22-28)45(52)53)37-29(39(30)47)19-27(43(48)49)20-31(37)44(50)51/h8,11-14,19-22H,4-7,9-10,15-18,23-24H2,1-3H3. The average Bonchev–Trinajstić information content (AvgIpc) is 3.89. The van der Waals surface area contributed by atoms with E-state index in [0.717, 1.165) is 66.0 Å². The summed E-state index contributed by atoms with van der Waals surface area (Å²) in [6.45, 7) is 6.85. The van der Waals surface area contributed by atoms with Crippen LogP contribution in [0.25, 0.3) is 11.1 Å². The van der Waals surface area contributed by atoms with E-state index in [2.05, 4.69) is 13.8 Å². The topological polar surface area (TPSA) is 201 Å². The number of allylic oxidation sites excluding steroid dienone is 3. The first kappa shape index (κ1) is 45.1. The number of unbranched alkanes of at least 4 members (excludes halogenated alkanes) is 4. The molecule has 0 unspecified atom stereocenters. The van der Waals surface area contributed by atoms with Gasteiger partial charge in [-0.05, 0) is 49.1 Å². The summed E-state index contributed by atoms with van der Waals surface area (Å²) in [5, 5.41) is 35.8. The summed E-state index contributed by atoms with van der Waals surface area (Å²) in [4.78, 5) is 66.4. The molecule has 0 saturated carbocycles. The lowest BCUT2D eigenvalue weighted by Crippen LogP contribution is -2.33. The van der Waals surface area contributed by atoms with Crippen LogP contribution in [0.2, 0.25) is 0 Å². The highest BCUT2D eigenvalue weighted by Crippen LogP contribution is 2.61. The fourth-order valence-corrected chi connectivity index (χ4v) is 14.2. The summed E-state index contributed by atoms with van der Waals surface area (Å²) in [7, 11) is -4.47. The third kappa shape index (κ3) is 10.0. The minimum atomic E-state index is -4.47. The molecule has 0 N–H and O–H groups in total. The number of rotatable bonds is 19. The highest BCUT2D eigenvalue weighted by atomic mass is 32.2. The maximum atomic E-state index is 14.1. The second-order valence-electron chi connectivity index (χ2n) is 14.4. The first-order valence-electron chi connectivity index (χ1n) is 19.4. The van der Waals surface area contributed by atoms with Crippen molar-refractivity contribution in [3.05, 3.63) is 130 Å². The molecule has 0 atom stereocenters. The molecule has 3 aliphatic rings. The van der Waals surface area contributed by atoms with E-state index in [1.165, 1.54) is 31.1 Å². The normalized spacial score (nSPS) is 14.9. The predicted molar refractivity (Wildman–Crippen MR) is 239 cm³/mol. The molecule has 0 spiro atoms. The number of nitro benzene ring substituents is 3. The molecule has 2 aliphatic heterocycles. The van der Waals surface area contributed by atoms with E-state index in [1.807, 2.05) is 60.8 Å². The van der Waals surface area contributed by atoms with E-state index in [9.17, 15) is 48.3 Å². The number of sulfone groups is 1. The Morgan fingerprint density at radius 1 is 0.700 bits per heavy atom. The third-order valence-electron chi connectivity index (χ3n) is 10.2. The summed E-state index contributed by atoms with van der Waals surface area (Å²) in [5.74, 6) is -2.26. The molecule has 2 heterocycles. The van der Waals surface area contributed by atoms with Crippen LogP contribution >= 0.6 is 47.0 Å². The number of hydrogen-bond acceptors (Lipinski definition) is 14. The van der Waals surface area contributed by atoms with Gasteiger partial charge in [0.2, 0.25) is 5.91 Å². The van der Waals surface area contributed by atoms with Crippen LogP contribution in [0.5, 0.6) is 0 Å². The number of ketones is 1. The Bertz CT molecular complexity index is 2460. The Morgan fingerprint density at radius 2 is 1.25 bits per heavy atom. The quantitative estimate of drug-likeness (QED) is 0.0488. The lowest BCUT2D eigenvalue weighted by atomic mass is 10.0. The minimum absolute atomic E-state index is 0.198. The largest absolute Gasteiger partial charge is 0.333 e. The fraction of sp³-hybridized carbons (Fsp3) is 0.366. The molecular formula is C41H42N4O10S5. The number of carbonyl (C=O) groups is 2. The van der Waals surface area contributed by atoms with Crippen LogP contribution in [0.1, 0.15) is 100 Å². The molecule has 19 heteroatoms. The van der Waals surface area contributed by atoms with Crippen molar-refractivity contribution in [3.63, 3.8) is 0 Å². The van der Waals surface area contributed by atoms with Gasteiger partial charge in [0.15, 0.2) is 15.6 Å². The number of carbonyl (C=O) groups excluding carboxylic acids is 2. The van der Waals surface area contributed by atoms with Gasteiger partial charge in [-0.2, -0.15) is 0 Å². The van der Waals surface area contributed by atoms with Crippen molar-refractivity contribution < 1.29 is 32.8 Å². The molecule has 0 aromatic heterocycles. The van der Waals surface area contributed by atoms with E-state index in [0.29, 0.717) is 12.1 Å². The van der Waals surface area contributed by atoms with Crippen molar-refractivity contribution in [1.29, 1.82) is 0 Å². The molecule has 1 amide bonds. The summed E-state index contributed by atoms with van der Waals surface area (Å²) >= 11 is 7.05. The molecular weight excluding hydrogens is 869 g/mol. The van der Waals surface area contributed by atoms with Gasteiger partial charge < -0.3 is 4.90 Å². The highest BCUT2D eigenvalue weighted by molar-refractivity contribution is 8.34. The maximum absolute atomic E-state index is 14.1. The van der Waals surface area contributed by atoms with Crippen molar-refractivity contribution in [3.8, 4) is 11.1 Å². The van der Waals surface area contributed by atoms with Crippen LogP contribution in [-0.2, 0) is 21.2 Å². The van der Waals surface area contributed by atoms with Crippen molar-refractivity contribution in [2.45, 2.75) is 90.0 Å². The second kappa shape index (κ2) is 19.5. The molecule has 14 nitrogen and oxygen atoms in total. The molecule has 0 fully saturated rings. The summed E-state index contributed by atoms with van der Waals surface area (Å²) in [6, 6.07) is 12.3. The van der Waals surface area contributed by atoms with Gasteiger partial charge in [-0.25, -0.2) is 8.42 Å². The summed E-state index contributed by atoms with van der Waals surface area (Å²) in [5.41, 5.74) is -3.79. The van der Waals surface area contributed by atoms with Gasteiger partial charge in [-0.15, -0.1) is 0 Å². The predicted octanol–water partition coefficient (Wildman–Crippen LogP) is 11.5. The van der Waals surface area contributed by atoms with Crippen molar-refractivity contribution in [2.24, 2.45) is 0 Å². The molecule has 3 aromatic carbocycles. The van der Waals surface area contributed by atoms with Crippen molar-refractivity contribution in [1.82, 2.24) is 4.90 Å². The van der Waals surface area contributed by atoms with Crippen LogP contribution in [0.4, 0.5) is 17.1 Å². The number of benzene rings is 3. The lowest BCUT2D eigenvalue weighted by molar-refractivity contribution is -0.394. The molecule has 3 aromatic rings. The number of non-ortho nitro benzene ring substituents is 1. The van der Waals surface area contributed by atoms with Crippen LogP contribution in [0, 0.1) is 30.3 Å². The van der Waals surface area contributed by atoms with Gasteiger partial charge in [0, 0.05) is 50.9 Å². The van der Waals surface area contributed by atoms with Crippen molar-refractivity contribution >= 4 is 85.6 Å². The number of nitrogens with zero attached hydrogens (tertiary/aromatic N) is 4. The fourth-order valence-electron chi connectivity index (χ4n) is 7.04. The van der Waals surface area contributed by atoms with E-state index < -0.39 is 92.7 Å². The highest BCUT2D eigenvalue weighted by Gasteiger charge is 2.42. The van der Waals surface area contributed by atoms with E-state index >= 15 is 0 Å². The van der Waals surface area contributed by atoms with E-state index in [-0.39, 0.29) is 13.1 Å². The smallest absolute Gasteiger partial charge is 0.285 e. The molecule has 0 radical (unpaired) electrons. The van der Waals surface area contributed by atoms with Gasteiger partial charge in [-0.3, -0.25) is 39.9 Å². The summed E-state index contributed by atoms with van der Waals surface area (Å²) < 4.78 is 30.1. The number of fused-ring (bicyclic) bond motifs is 3. The van der Waals surface area contributed by atoms with Crippen molar-refractivity contribution in [2.75, 3.05) is 12.3 Å². The lowest BCUT2D eigenvalue weighted by Gasteiger charge is -2.24. The Kier molecular flexibility index (Phi) is 14.7. The average molecular weight is 911 g/mol. The Balaban J connectivity index is 1.23. The zero-order valence-electron chi connectivity index (χ0n) is 33.1. The maximum Gasteiger partial charge on any atom is 0.285 e. The first-order chi connectivity index (χ1) is 28.6.